The minimum absolute atomic E-state index is 0.639. The normalized spacial score (nSPS) is 11.7. The second kappa shape index (κ2) is 13.8. The molecular weight excluding hydrogens is 733 g/mol. The summed E-state index contributed by atoms with van der Waals surface area (Å²) in [6.45, 7) is 0. The summed E-state index contributed by atoms with van der Waals surface area (Å²) >= 11 is 0. The first kappa shape index (κ1) is 33.9. The standard InChI is InChI=1S/C55H34N4O/c1-3-14-38(15-4-1)53-56-54(39-16-5-2-6-17-39)58-55(57-53)40-32-28-36(29-33-40)35-26-30-37(31-27-35)45-34-46-51-49(24-13-25-50(51)60-52(46)44-21-8-7-18-41(44)45)59-47-22-11-9-19-42(47)43-20-10-12-23-48(43)59/h1-34H. The molecule has 0 saturated carbocycles. The van der Waals surface area contributed by atoms with E-state index in [1.54, 1.807) is 0 Å². The zero-order valence-corrected chi connectivity index (χ0v) is 32.3. The molecule has 12 aromatic rings. The highest BCUT2D eigenvalue weighted by Crippen LogP contribution is 2.43. The first-order valence-corrected chi connectivity index (χ1v) is 20.2. The highest BCUT2D eigenvalue weighted by atomic mass is 16.3. The number of hydrogen-bond donors (Lipinski definition) is 0. The lowest BCUT2D eigenvalue weighted by Gasteiger charge is -2.12. The Labute approximate surface area is 345 Å². The van der Waals surface area contributed by atoms with Crippen LogP contribution < -0.4 is 0 Å². The molecule has 3 aromatic heterocycles. The number of para-hydroxylation sites is 2. The SMILES string of the molecule is c1ccc(-c2nc(-c3ccccc3)nc(-c3ccc(-c4ccc(-c5cc6c(oc7cccc(-n8c9ccccc9c9ccccc98)c76)c6ccccc56)cc4)cc3)n2)cc1. The van der Waals surface area contributed by atoms with Gasteiger partial charge in [-0.2, -0.15) is 0 Å². The summed E-state index contributed by atoms with van der Waals surface area (Å²) in [4.78, 5) is 14.7. The summed E-state index contributed by atoms with van der Waals surface area (Å²) < 4.78 is 9.16. The summed E-state index contributed by atoms with van der Waals surface area (Å²) in [5, 5.41) is 6.92. The Hall–Kier alpha value is -8.15. The molecule has 9 aromatic carbocycles. The van der Waals surface area contributed by atoms with Gasteiger partial charge in [0.1, 0.15) is 11.2 Å². The van der Waals surface area contributed by atoms with Crippen molar-refractivity contribution in [2.24, 2.45) is 0 Å². The summed E-state index contributed by atoms with van der Waals surface area (Å²) in [5.74, 6) is 1.94. The molecular formula is C55H34N4O. The van der Waals surface area contributed by atoms with Gasteiger partial charge in [-0.15, -0.1) is 0 Å². The first-order valence-electron chi connectivity index (χ1n) is 20.2. The molecule has 12 rings (SSSR count). The highest BCUT2D eigenvalue weighted by molar-refractivity contribution is 6.22. The van der Waals surface area contributed by atoms with Gasteiger partial charge in [0.15, 0.2) is 17.5 Å². The molecule has 0 fully saturated rings. The molecule has 0 unspecified atom stereocenters. The van der Waals surface area contributed by atoms with Gasteiger partial charge in [-0.25, -0.2) is 15.0 Å². The van der Waals surface area contributed by atoms with Crippen LogP contribution >= 0.6 is 0 Å². The van der Waals surface area contributed by atoms with Gasteiger partial charge >= 0.3 is 0 Å². The number of aromatic nitrogens is 4. The second-order valence-electron chi connectivity index (χ2n) is 15.2. The molecule has 280 valence electrons. The molecule has 0 aliphatic carbocycles. The fourth-order valence-corrected chi connectivity index (χ4v) is 8.83. The molecule has 0 aliphatic rings. The van der Waals surface area contributed by atoms with Crippen molar-refractivity contribution in [3.63, 3.8) is 0 Å². The zero-order valence-electron chi connectivity index (χ0n) is 32.3. The van der Waals surface area contributed by atoms with Crippen LogP contribution in [-0.2, 0) is 0 Å². The predicted molar refractivity (Wildman–Crippen MR) is 246 cm³/mol. The Morgan fingerprint density at radius 3 is 1.35 bits per heavy atom. The lowest BCUT2D eigenvalue weighted by Crippen LogP contribution is -2.00. The van der Waals surface area contributed by atoms with Crippen LogP contribution in [0.4, 0.5) is 0 Å². The lowest BCUT2D eigenvalue weighted by molar-refractivity contribution is 0.672. The maximum Gasteiger partial charge on any atom is 0.164 e. The third-order valence-corrected chi connectivity index (χ3v) is 11.7. The van der Waals surface area contributed by atoms with E-state index in [1.165, 1.54) is 21.8 Å². The topological polar surface area (TPSA) is 56.7 Å². The smallest absolute Gasteiger partial charge is 0.164 e. The van der Waals surface area contributed by atoms with Crippen LogP contribution in [0, 0.1) is 0 Å². The number of furan rings is 1. The van der Waals surface area contributed by atoms with E-state index in [0.717, 1.165) is 77.3 Å². The summed E-state index contributed by atoms with van der Waals surface area (Å²) in [7, 11) is 0. The van der Waals surface area contributed by atoms with Crippen molar-refractivity contribution in [2.75, 3.05) is 0 Å². The van der Waals surface area contributed by atoms with Gasteiger partial charge in [0.25, 0.3) is 0 Å². The van der Waals surface area contributed by atoms with Gasteiger partial charge in [0.05, 0.1) is 22.1 Å². The van der Waals surface area contributed by atoms with E-state index < -0.39 is 0 Å². The Morgan fingerprint density at radius 1 is 0.333 bits per heavy atom. The molecule has 60 heavy (non-hydrogen) atoms. The van der Waals surface area contributed by atoms with E-state index in [4.69, 9.17) is 19.4 Å². The van der Waals surface area contributed by atoms with E-state index in [1.807, 2.05) is 60.7 Å². The quantitative estimate of drug-likeness (QED) is 0.169. The van der Waals surface area contributed by atoms with Crippen LogP contribution in [0.15, 0.2) is 211 Å². The zero-order chi connectivity index (χ0) is 39.6. The molecule has 5 nitrogen and oxygen atoms in total. The molecule has 3 heterocycles. The van der Waals surface area contributed by atoms with Gasteiger partial charge in [0, 0.05) is 38.2 Å². The monoisotopic (exact) mass is 766 g/mol. The van der Waals surface area contributed by atoms with Gasteiger partial charge in [0.2, 0.25) is 0 Å². The fourth-order valence-electron chi connectivity index (χ4n) is 8.83. The molecule has 0 atom stereocenters. The Kier molecular flexibility index (Phi) is 7.78. The van der Waals surface area contributed by atoms with Gasteiger partial charge in [-0.05, 0) is 58.0 Å². The lowest BCUT2D eigenvalue weighted by atomic mass is 9.93. The van der Waals surface area contributed by atoms with Crippen LogP contribution in [0.3, 0.4) is 0 Å². The van der Waals surface area contributed by atoms with E-state index in [-0.39, 0.29) is 0 Å². The van der Waals surface area contributed by atoms with E-state index in [9.17, 15) is 0 Å². The van der Waals surface area contributed by atoms with Crippen molar-refractivity contribution < 1.29 is 4.42 Å². The molecule has 0 aliphatic heterocycles. The molecule has 0 bridgehead atoms. The predicted octanol–water partition coefficient (Wildman–Crippen LogP) is 14.4. The molecule has 0 spiro atoms. The summed E-state index contributed by atoms with van der Waals surface area (Å²) in [6, 6.07) is 72.2. The molecule has 0 radical (unpaired) electrons. The maximum atomic E-state index is 6.77. The number of rotatable bonds is 6. The average Bonchev–Trinajstić information content (AvgIpc) is 3.88. The number of nitrogens with zero attached hydrogens (tertiary/aromatic N) is 4. The van der Waals surface area contributed by atoms with E-state index in [0.29, 0.717) is 17.5 Å². The fraction of sp³-hybridized carbons (Fsp3) is 0. The molecule has 5 heteroatoms. The average molecular weight is 767 g/mol. The maximum absolute atomic E-state index is 6.77. The molecule has 0 saturated heterocycles. The van der Waals surface area contributed by atoms with Crippen molar-refractivity contribution in [3.05, 3.63) is 206 Å². The van der Waals surface area contributed by atoms with Gasteiger partial charge in [-0.1, -0.05) is 176 Å². The van der Waals surface area contributed by atoms with Crippen LogP contribution in [0.1, 0.15) is 0 Å². The number of hydrogen-bond acceptors (Lipinski definition) is 4. The highest BCUT2D eigenvalue weighted by Gasteiger charge is 2.20. The van der Waals surface area contributed by atoms with Crippen LogP contribution in [-0.4, -0.2) is 19.5 Å². The number of fused-ring (bicyclic) bond motifs is 8. The first-order chi connectivity index (χ1) is 29.7. The van der Waals surface area contributed by atoms with Crippen molar-refractivity contribution in [1.82, 2.24) is 19.5 Å². The molecule has 0 amide bonds. The Morgan fingerprint density at radius 2 is 0.783 bits per heavy atom. The summed E-state index contributed by atoms with van der Waals surface area (Å²) in [5.41, 5.74) is 12.6. The minimum Gasteiger partial charge on any atom is -0.455 e. The van der Waals surface area contributed by atoms with Crippen molar-refractivity contribution >= 4 is 54.5 Å². The van der Waals surface area contributed by atoms with Crippen LogP contribution in [0.25, 0.3) is 117 Å². The van der Waals surface area contributed by atoms with Crippen LogP contribution in [0.2, 0.25) is 0 Å². The van der Waals surface area contributed by atoms with Gasteiger partial charge < -0.3 is 8.98 Å². The van der Waals surface area contributed by atoms with E-state index >= 15 is 0 Å². The third kappa shape index (κ3) is 5.52. The number of benzene rings is 9. The molecule has 0 N–H and O–H groups in total. The van der Waals surface area contributed by atoms with E-state index in [2.05, 4.69) is 150 Å². The largest absolute Gasteiger partial charge is 0.455 e. The minimum atomic E-state index is 0.639. The van der Waals surface area contributed by atoms with Crippen molar-refractivity contribution in [1.29, 1.82) is 0 Å². The van der Waals surface area contributed by atoms with Crippen molar-refractivity contribution in [2.45, 2.75) is 0 Å². The van der Waals surface area contributed by atoms with Gasteiger partial charge in [-0.3, -0.25) is 0 Å². The summed E-state index contributed by atoms with van der Waals surface area (Å²) in [6.07, 6.45) is 0. The van der Waals surface area contributed by atoms with Crippen molar-refractivity contribution in [3.8, 4) is 62.1 Å². The second-order valence-corrected chi connectivity index (χ2v) is 15.2. The Bertz CT molecular complexity index is 3460. The van der Waals surface area contributed by atoms with Crippen LogP contribution in [0.5, 0.6) is 0 Å². The third-order valence-electron chi connectivity index (χ3n) is 11.7. The Balaban J connectivity index is 0.945.